The number of nitrogens with one attached hydrogen (secondary N) is 1. The molecule has 2 saturated heterocycles. The molecular weight excluding hydrogens is 432 g/mol. The first-order valence-electron chi connectivity index (χ1n) is 11.8. The molecule has 0 spiro atoms. The Bertz CT molecular complexity index is 999. The van der Waals surface area contributed by atoms with Gasteiger partial charge >= 0.3 is 0 Å². The normalized spacial score (nSPS) is 18.3. The van der Waals surface area contributed by atoms with Gasteiger partial charge in [-0.15, -0.1) is 0 Å². The van der Waals surface area contributed by atoms with Crippen LogP contribution < -0.4 is 5.32 Å². The summed E-state index contributed by atoms with van der Waals surface area (Å²) in [6.07, 6.45) is 0. The first kappa shape index (κ1) is 24.1. The Kier molecular flexibility index (Phi) is 8.05. The van der Waals surface area contributed by atoms with E-state index in [0.717, 1.165) is 18.7 Å². The van der Waals surface area contributed by atoms with Gasteiger partial charge < -0.3 is 15.0 Å². The summed E-state index contributed by atoms with van der Waals surface area (Å²) in [6, 6.07) is 16.2. The number of anilines is 1. The van der Waals surface area contributed by atoms with Crippen molar-refractivity contribution in [3.05, 3.63) is 65.7 Å². The minimum absolute atomic E-state index is 0.0476. The van der Waals surface area contributed by atoms with E-state index in [1.807, 2.05) is 35.2 Å². The summed E-state index contributed by atoms with van der Waals surface area (Å²) in [5.74, 6) is -0.0723. The Hall–Kier alpha value is -3.07. The fourth-order valence-electron chi connectivity index (χ4n) is 4.47. The molecule has 2 aromatic rings. The zero-order valence-electron chi connectivity index (χ0n) is 19.6. The molecule has 0 unspecified atom stereocenters. The second-order valence-electron chi connectivity index (χ2n) is 8.74. The van der Waals surface area contributed by atoms with Crippen molar-refractivity contribution in [1.82, 2.24) is 14.7 Å². The van der Waals surface area contributed by atoms with Crippen LogP contribution in [0, 0.1) is 0 Å². The number of benzene rings is 2. The topological polar surface area (TPSA) is 82.2 Å². The maximum absolute atomic E-state index is 13.4. The molecule has 8 heteroatoms. The number of carbonyl (C=O) groups is 3. The summed E-state index contributed by atoms with van der Waals surface area (Å²) in [5.41, 5.74) is 2.05. The van der Waals surface area contributed by atoms with E-state index in [1.54, 1.807) is 24.3 Å². The number of rotatable bonds is 7. The SMILES string of the molecule is CC(=O)c1cccc(NC(=O)[C@@H](c2ccccc2)N2CCN(C(=O)CN3CCOCC3)CC2)c1. The summed E-state index contributed by atoms with van der Waals surface area (Å²) in [5, 5.41) is 2.99. The largest absolute Gasteiger partial charge is 0.379 e. The smallest absolute Gasteiger partial charge is 0.246 e. The minimum atomic E-state index is -0.487. The Labute approximate surface area is 200 Å². The van der Waals surface area contributed by atoms with E-state index in [1.165, 1.54) is 6.92 Å². The Morgan fingerprint density at radius 2 is 1.62 bits per heavy atom. The standard InChI is InChI=1S/C26H32N4O4/c1-20(31)22-8-5-9-23(18-22)27-26(33)25(21-6-3-2-4-7-21)30-12-10-29(11-13-30)24(32)19-28-14-16-34-17-15-28/h2-9,18,25H,10-17,19H2,1H3,(H,27,33)/t25-/m1/s1. The van der Waals surface area contributed by atoms with Gasteiger partial charge in [0.1, 0.15) is 6.04 Å². The van der Waals surface area contributed by atoms with Gasteiger partial charge in [0.25, 0.3) is 0 Å². The Morgan fingerprint density at radius 3 is 2.29 bits per heavy atom. The molecule has 2 amide bonds. The third-order valence-corrected chi connectivity index (χ3v) is 6.39. The molecule has 4 rings (SSSR count). The van der Waals surface area contributed by atoms with Crippen molar-refractivity contribution in [2.45, 2.75) is 13.0 Å². The number of hydrogen-bond donors (Lipinski definition) is 1. The highest BCUT2D eigenvalue weighted by molar-refractivity contribution is 5.98. The molecule has 34 heavy (non-hydrogen) atoms. The average molecular weight is 465 g/mol. The number of piperazine rings is 1. The monoisotopic (exact) mass is 464 g/mol. The lowest BCUT2D eigenvalue weighted by molar-refractivity contribution is -0.136. The molecule has 0 aromatic heterocycles. The van der Waals surface area contributed by atoms with Gasteiger partial charge in [0.05, 0.1) is 19.8 Å². The zero-order chi connectivity index (χ0) is 23.9. The lowest BCUT2D eigenvalue weighted by Crippen LogP contribution is -2.54. The van der Waals surface area contributed by atoms with Crippen molar-refractivity contribution in [1.29, 1.82) is 0 Å². The number of ketones is 1. The molecule has 0 aliphatic carbocycles. The number of hydrogen-bond acceptors (Lipinski definition) is 6. The van der Waals surface area contributed by atoms with Crippen LogP contribution in [0.25, 0.3) is 0 Å². The number of amides is 2. The van der Waals surface area contributed by atoms with E-state index < -0.39 is 6.04 Å². The molecule has 0 saturated carbocycles. The highest BCUT2D eigenvalue weighted by Gasteiger charge is 2.32. The lowest BCUT2D eigenvalue weighted by atomic mass is 10.0. The van der Waals surface area contributed by atoms with Crippen LogP contribution in [0.15, 0.2) is 54.6 Å². The van der Waals surface area contributed by atoms with Gasteiger partial charge in [-0.3, -0.25) is 24.2 Å². The van der Waals surface area contributed by atoms with Crippen molar-refractivity contribution in [3.63, 3.8) is 0 Å². The highest BCUT2D eigenvalue weighted by Crippen LogP contribution is 2.25. The summed E-state index contributed by atoms with van der Waals surface area (Å²) in [4.78, 5) is 44.1. The molecule has 8 nitrogen and oxygen atoms in total. The van der Waals surface area contributed by atoms with Crippen LogP contribution >= 0.6 is 0 Å². The van der Waals surface area contributed by atoms with Gasteiger partial charge in [0.2, 0.25) is 11.8 Å². The van der Waals surface area contributed by atoms with Gasteiger partial charge in [0, 0.05) is 50.5 Å². The van der Waals surface area contributed by atoms with Crippen LogP contribution in [-0.2, 0) is 14.3 Å². The zero-order valence-corrected chi connectivity index (χ0v) is 19.6. The van der Waals surface area contributed by atoms with Gasteiger partial charge in [-0.2, -0.15) is 0 Å². The van der Waals surface area contributed by atoms with Gasteiger partial charge in [-0.25, -0.2) is 0 Å². The van der Waals surface area contributed by atoms with E-state index >= 15 is 0 Å². The number of carbonyl (C=O) groups excluding carboxylic acids is 3. The average Bonchev–Trinajstić information content (AvgIpc) is 2.86. The van der Waals surface area contributed by atoms with Crippen molar-refractivity contribution in [2.75, 3.05) is 64.3 Å². The van der Waals surface area contributed by atoms with Crippen molar-refractivity contribution >= 4 is 23.3 Å². The van der Waals surface area contributed by atoms with Crippen LogP contribution in [0.4, 0.5) is 5.69 Å². The Balaban J connectivity index is 1.42. The molecular formula is C26H32N4O4. The highest BCUT2D eigenvalue weighted by atomic mass is 16.5. The van der Waals surface area contributed by atoms with Crippen molar-refractivity contribution in [3.8, 4) is 0 Å². The van der Waals surface area contributed by atoms with Crippen LogP contribution in [0.2, 0.25) is 0 Å². The molecule has 1 atom stereocenters. The number of nitrogens with zero attached hydrogens (tertiary/aromatic N) is 3. The molecule has 2 aromatic carbocycles. The van der Waals surface area contributed by atoms with E-state index in [0.29, 0.717) is 57.2 Å². The lowest BCUT2D eigenvalue weighted by Gasteiger charge is -2.39. The molecule has 2 aliphatic rings. The van der Waals surface area contributed by atoms with E-state index in [-0.39, 0.29) is 17.6 Å². The third-order valence-electron chi connectivity index (χ3n) is 6.39. The molecule has 2 heterocycles. The predicted octanol–water partition coefficient (Wildman–Crippen LogP) is 2.05. The molecule has 0 radical (unpaired) electrons. The summed E-state index contributed by atoms with van der Waals surface area (Å²) < 4.78 is 5.36. The first-order chi connectivity index (χ1) is 16.5. The number of Topliss-reactive ketones (excluding diaryl/α,β-unsaturated/α-hetero) is 1. The molecule has 1 N–H and O–H groups in total. The summed E-state index contributed by atoms with van der Waals surface area (Å²) in [7, 11) is 0. The molecule has 2 aliphatic heterocycles. The third kappa shape index (κ3) is 6.08. The summed E-state index contributed by atoms with van der Waals surface area (Å²) in [6.45, 7) is 7.21. The van der Waals surface area contributed by atoms with E-state index in [4.69, 9.17) is 4.74 Å². The predicted molar refractivity (Wildman–Crippen MR) is 130 cm³/mol. The van der Waals surface area contributed by atoms with Gasteiger partial charge in [0.15, 0.2) is 5.78 Å². The minimum Gasteiger partial charge on any atom is -0.379 e. The Morgan fingerprint density at radius 1 is 0.912 bits per heavy atom. The van der Waals surface area contributed by atoms with Crippen LogP contribution in [0.5, 0.6) is 0 Å². The second kappa shape index (κ2) is 11.4. The maximum atomic E-state index is 13.4. The van der Waals surface area contributed by atoms with Crippen LogP contribution in [-0.4, -0.2) is 91.3 Å². The van der Waals surface area contributed by atoms with E-state index in [2.05, 4.69) is 15.1 Å². The molecule has 0 bridgehead atoms. The fourth-order valence-corrected chi connectivity index (χ4v) is 4.47. The first-order valence-corrected chi connectivity index (χ1v) is 11.8. The van der Waals surface area contributed by atoms with Crippen LogP contribution in [0.1, 0.15) is 28.9 Å². The number of morpholine rings is 1. The second-order valence-corrected chi connectivity index (χ2v) is 8.74. The van der Waals surface area contributed by atoms with Crippen molar-refractivity contribution < 1.29 is 19.1 Å². The van der Waals surface area contributed by atoms with Gasteiger partial charge in [-0.05, 0) is 24.6 Å². The maximum Gasteiger partial charge on any atom is 0.246 e. The fraction of sp³-hybridized carbons (Fsp3) is 0.423. The number of ether oxygens (including phenoxy) is 1. The molecule has 2 fully saturated rings. The van der Waals surface area contributed by atoms with Gasteiger partial charge in [-0.1, -0.05) is 42.5 Å². The van der Waals surface area contributed by atoms with Crippen molar-refractivity contribution in [2.24, 2.45) is 0 Å². The molecule has 180 valence electrons. The van der Waals surface area contributed by atoms with E-state index in [9.17, 15) is 14.4 Å². The quantitative estimate of drug-likeness (QED) is 0.632. The summed E-state index contributed by atoms with van der Waals surface area (Å²) >= 11 is 0. The van der Waals surface area contributed by atoms with Crippen LogP contribution in [0.3, 0.4) is 0 Å².